The fourth-order valence-corrected chi connectivity index (χ4v) is 3.41. The highest BCUT2D eigenvalue weighted by Crippen LogP contribution is 2.35. The first kappa shape index (κ1) is 15.2. The number of rotatable bonds is 1. The zero-order valence-corrected chi connectivity index (χ0v) is 14.0. The molecule has 0 aliphatic carbocycles. The molecule has 0 atom stereocenters. The predicted octanol–water partition coefficient (Wildman–Crippen LogP) is 4.09. The van der Waals surface area contributed by atoms with Gasteiger partial charge in [-0.15, -0.1) is 0 Å². The van der Waals surface area contributed by atoms with Gasteiger partial charge in [-0.25, -0.2) is 23.4 Å². The summed E-state index contributed by atoms with van der Waals surface area (Å²) in [6.45, 7) is 0.434. The van der Waals surface area contributed by atoms with Crippen molar-refractivity contribution in [2.24, 2.45) is 0 Å². The molecular weight excluding hydrogens is 360 g/mol. The van der Waals surface area contributed by atoms with Crippen LogP contribution in [0.1, 0.15) is 5.69 Å². The highest BCUT2D eigenvalue weighted by atomic mass is 35.5. The second-order valence-electron chi connectivity index (χ2n) is 5.95. The molecule has 0 saturated heterocycles. The van der Waals surface area contributed by atoms with Crippen molar-refractivity contribution < 1.29 is 8.78 Å². The summed E-state index contributed by atoms with van der Waals surface area (Å²) in [6.07, 6.45) is 3.13. The lowest BCUT2D eigenvalue weighted by Crippen LogP contribution is -2.04. The van der Waals surface area contributed by atoms with Crippen molar-refractivity contribution in [1.82, 2.24) is 24.3 Å². The molecule has 5 nitrogen and oxygen atoms in total. The number of benzene rings is 2. The maximum absolute atomic E-state index is 13.6. The molecular formula is C18H10ClF2N5. The van der Waals surface area contributed by atoms with Crippen molar-refractivity contribution in [2.45, 2.75) is 6.54 Å². The standard InChI is InChI=1S/C18H10ClF2N5/c19-17-16-7-26-18(22-8-24-26)12-5-10(2-4-15(12)25(16)9-23-17)11-1-3-13(20)14(21)6-11/h1-6,8-9H,7H2. The molecule has 1 aliphatic rings. The zero-order valence-electron chi connectivity index (χ0n) is 13.2. The maximum atomic E-state index is 13.6. The number of imidazole rings is 1. The Bertz CT molecular complexity index is 1160. The monoisotopic (exact) mass is 369 g/mol. The van der Waals surface area contributed by atoms with E-state index in [4.69, 9.17) is 11.6 Å². The van der Waals surface area contributed by atoms with Gasteiger partial charge in [-0.2, -0.15) is 5.10 Å². The van der Waals surface area contributed by atoms with E-state index in [0.717, 1.165) is 28.6 Å². The van der Waals surface area contributed by atoms with Crippen molar-refractivity contribution in [1.29, 1.82) is 0 Å². The summed E-state index contributed by atoms with van der Waals surface area (Å²) in [4.78, 5) is 8.53. The molecule has 0 spiro atoms. The van der Waals surface area contributed by atoms with E-state index in [1.54, 1.807) is 17.1 Å². The third kappa shape index (κ3) is 2.17. The van der Waals surface area contributed by atoms with E-state index in [0.29, 0.717) is 23.1 Å². The second kappa shape index (κ2) is 5.47. The van der Waals surface area contributed by atoms with Crippen LogP contribution in [-0.4, -0.2) is 24.3 Å². The van der Waals surface area contributed by atoms with Gasteiger partial charge in [0, 0.05) is 5.56 Å². The minimum Gasteiger partial charge on any atom is -0.299 e. The Labute approximate surface area is 151 Å². The molecule has 5 rings (SSSR count). The molecule has 0 amide bonds. The first-order valence-corrected chi connectivity index (χ1v) is 8.19. The average molecular weight is 370 g/mol. The predicted molar refractivity (Wildman–Crippen MR) is 92.0 cm³/mol. The summed E-state index contributed by atoms with van der Waals surface area (Å²) in [7, 11) is 0. The van der Waals surface area contributed by atoms with Crippen molar-refractivity contribution in [3.63, 3.8) is 0 Å². The Hall–Kier alpha value is -3.06. The topological polar surface area (TPSA) is 48.5 Å². The van der Waals surface area contributed by atoms with Crippen molar-refractivity contribution in [2.75, 3.05) is 0 Å². The van der Waals surface area contributed by atoms with Crippen LogP contribution in [0.4, 0.5) is 8.78 Å². The first-order chi connectivity index (χ1) is 12.6. The van der Waals surface area contributed by atoms with Gasteiger partial charge in [0.1, 0.15) is 12.7 Å². The number of hydrogen-bond acceptors (Lipinski definition) is 3. The first-order valence-electron chi connectivity index (χ1n) is 7.81. The van der Waals surface area contributed by atoms with Crippen LogP contribution in [0.3, 0.4) is 0 Å². The molecule has 1 aliphatic heterocycles. The Morgan fingerprint density at radius 2 is 1.77 bits per heavy atom. The summed E-state index contributed by atoms with van der Waals surface area (Å²) in [6, 6.07) is 9.45. The molecule has 4 aromatic rings. The van der Waals surface area contributed by atoms with Gasteiger partial charge in [-0.05, 0) is 35.4 Å². The van der Waals surface area contributed by atoms with Gasteiger partial charge >= 0.3 is 0 Å². The highest BCUT2D eigenvalue weighted by Gasteiger charge is 2.23. The molecule has 0 unspecified atom stereocenters. The van der Waals surface area contributed by atoms with Gasteiger partial charge in [-0.1, -0.05) is 23.7 Å². The molecule has 0 bridgehead atoms. The molecule has 2 aromatic carbocycles. The van der Waals surface area contributed by atoms with Crippen LogP contribution in [-0.2, 0) is 6.54 Å². The number of nitrogens with zero attached hydrogens (tertiary/aromatic N) is 5. The van der Waals surface area contributed by atoms with Crippen LogP contribution in [0.2, 0.25) is 5.15 Å². The van der Waals surface area contributed by atoms with E-state index in [2.05, 4.69) is 15.1 Å². The molecule has 0 N–H and O–H groups in total. The third-order valence-electron chi connectivity index (χ3n) is 4.48. The van der Waals surface area contributed by atoms with E-state index in [9.17, 15) is 8.78 Å². The van der Waals surface area contributed by atoms with Crippen LogP contribution in [0.15, 0.2) is 49.1 Å². The summed E-state index contributed by atoms with van der Waals surface area (Å²) in [5.74, 6) is -1.09. The normalized spacial score (nSPS) is 12.3. The van der Waals surface area contributed by atoms with Gasteiger partial charge in [0.15, 0.2) is 22.6 Å². The van der Waals surface area contributed by atoms with Crippen LogP contribution < -0.4 is 0 Å². The van der Waals surface area contributed by atoms with E-state index in [1.807, 2.05) is 22.8 Å². The lowest BCUT2D eigenvalue weighted by atomic mass is 10.0. The molecule has 3 heterocycles. The fraction of sp³-hybridized carbons (Fsp3) is 0.0556. The molecule has 2 aromatic heterocycles. The molecule has 128 valence electrons. The molecule has 0 fully saturated rings. The number of aromatic nitrogens is 5. The zero-order chi connectivity index (χ0) is 17.8. The van der Waals surface area contributed by atoms with Crippen LogP contribution in [0.5, 0.6) is 0 Å². The fourth-order valence-electron chi connectivity index (χ4n) is 3.21. The molecule has 0 saturated carbocycles. The highest BCUT2D eigenvalue weighted by molar-refractivity contribution is 6.30. The minimum absolute atomic E-state index is 0.406. The smallest absolute Gasteiger partial charge is 0.160 e. The van der Waals surface area contributed by atoms with Gasteiger partial charge in [0.2, 0.25) is 0 Å². The van der Waals surface area contributed by atoms with Crippen molar-refractivity contribution in [3.8, 4) is 28.2 Å². The largest absolute Gasteiger partial charge is 0.299 e. The molecule has 8 heteroatoms. The lowest BCUT2D eigenvalue weighted by molar-refractivity contribution is 0.509. The minimum atomic E-state index is -0.885. The van der Waals surface area contributed by atoms with E-state index in [-0.39, 0.29) is 0 Å². The Morgan fingerprint density at radius 3 is 2.62 bits per heavy atom. The van der Waals surface area contributed by atoms with Crippen LogP contribution >= 0.6 is 11.6 Å². The van der Waals surface area contributed by atoms with Gasteiger partial charge in [0.05, 0.1) is 17.9 Å². The molecule has 0 radical (unpaired) electrons. The lowest BCUT2D eigenvalue weighted by Gasteiger charge is -2.11. The van der Waals surface area contributed by atoms with E-state index >= 15 is 0 Å². The summed E-state index contributed by atoms with van der Waals surface area (Å²) < 4.78 is 30.5. The quantitative estimate of drug-likeness (QED) is 0.447. The van der Waals surface area contributed by atoms with Gasteiger partial charge in [-0.3, -0.25) is 4.57 Å². The summed E-state index contributed by atoms with van der Waals surface area (Å²) >= 11 is 6.22. The number of hydrogen-bond donors (Lipinski definition) is 0. The molecule has 26 heavy (non-hydrogen) atoms. The average Bonchev–Trinajstić information content (AvgIpc) is 3.22. The Balaban J connectivity index is 1.76. The van der Waals surface area contributed by atoms with E-state index in [1.165, 1.54) is 12.4 Å². The summed E-state index contributed by atoms with van der Waals surface area (Å²) in [5, 5.41) is 4.67. The Kier molecular flexibility index (Phi) is 3.20. The van der Waals surface area contributed by atoms with E-state index < -0.39 is 11.6 Å². The third-order valence-corrected chi connectivity index (χ3v) is 4.80. The SMILES string of the molecule is Fc1ccc(-c2ccc3c(c2)-c2ncnn2Cc2c(Cl)ncn2-3)cc1F. The van der Waals surface area contributed by atoms with Crippen molar-refractivity contribution >= 4 is 11.6 Å². The number of fused-ring (bicyclic) bond motifs is 5. The van der Waals surface area contributed by atoms with Gasteiger partial charge in [0.25, 0.3) is 0 Å². The Morgan fingerprint density at radius 1 is 0.962 bits per heavy atom. The van der Waals surface area contributed by atoms with Crippen LogP contribution in [0.25, 0.3) is 28.2 Å². The van der Waals surface area contributed by atoms with Crippen molar-refractivity contribution in [3.05, 3.63) is 71.5 Å². The maximum Gasteiger partial charge on any atom is 0.160 e. The van der Waals surface area contributed by atoms with Crippen LogP contribution in [0, 0.1) is 11.6 Å². The summed E-state index contributed by atoms with van der Waals surface area (Å²) in [5.41, 5.74) is 3.77. The second-order valence-corrected chi connectivity index (χ2v) is 6.31. The van der Waals surface area contributed by atoms with Gasteiger partial charge < -0.3 is 0 Å². The number of halogens is 3.